The van der Waals surface area contributed by atoms with Gasteiger partial charge in [0.1, 0.15) is 17.5 Å². The summed E-state index contributed by atoms with van der Waals surface area (Å²) in [5.74, 6) is 0.422. The number of piperidine rings is 1. The molecule has 1 aromatic heterocycles. The first kappa shape index (κ1) is 17.5. The van der Waals surface area contributed by atoms with Gasteiger partial charge in [-0.25, -0.2) is 13.8 Å². The molecule has 0 spiro atoms. The molecule has 0 bridgehead atoms. The summed E-state index contributed by atoms with van der Waals surface area (Å²) in [5, 5.41) is 3.44. The van der Waals surface area contributed by atoms with Crippen LogP contribution < -0.4 is 10.2 Å². The smallest absolute Gasteiger partial charge is 0.226 e. The van der Waals surface area contributed by atoms with Gasteiger partial charge in [0.15, 0.2) is 0 Å². The molecule has 1 aliphatic heterocycles. The fourth-order valence-electron chi connectivity index (χ4n) is 3.06. The van der Waals surface area contributed by atoms with Crippen molar-refractivity contribution in [3.05, 3.63) is 47.7 Å². The van der Waals surface area contributed by atoms with Crippen LogP contribution in [0.3, 0.4) is 0 Å². The minimum absolute atomic E-state index is 0.238. The van der Waals surface area contributed by atoms with E-state index in [0.29, 0.717) is 18.1 Å². The van der Waals surface area contributed by atoms with E-state index in [2.05, 4.69) is 20.2 Å². The molecule has 0 saturated carbocycles. The molecule has 1 N–H and O–H groups in total. The lowest BCUT2D eigenvalue weighted by Gasteiger charge is -2.33. The molecule has 1 aliphatic rings. The summed E-state index contributed by atoms with van der Waals surface area (Å²) in [5.41, 5.74) is 0.527. The lowest BCUT2D eigenvalue weighted by atomic mass is 10.0. The van der Waals surface area contributed by atoms with Crippen molar-refractivity contribution in [1.82, 2.24) is 14.9 Å². The van der Waals surface area contributed by atoms with Crippen molar-refractivity contribution in [2.24, 2.45) is 0 Å². The highest BCUT2D eigenvalue weighted by molar-refractivity contribution is 5.41. The molecule has 1 unspecified atom stereocenters. The number of hydrogen-bond acceptors (Lipinski definition) is 5. The third kappa shape index (κ3) is 4.63. The molecule has 2 heterocycles. The monoisotopic (exact) mass is 347 g/mol. The van der Waals surface area contributed by atoms with Crippen LogP contribution in [0.1, 0.15) is 18.4 Å². The number of aromatic nitrogens is 2. The molecule has 0 radical (unpaired) electrons. The van der Waals surface area contributed by atoms with Crippen molar-refractivity contribution >= 4 is 11.8 Å². The minimum Gasteiger partial charge on any atom is -0.366 e. The zero-order valence-corrected chi connectivity index (χ0v) is 14.5. The number of anilines is 2. The van der Waals surface area contributed by atoms with E-state index in [1.165, 1.54) is 12.1 Å². The van der Waals surface area contributed by atoms with Crippen LogP contribution in [0.4, 0.5) is 20.5 Å². The van der Waals surface area contributed by atoms with Gasteiger partial charge in [-0.2, -0.15) is 4.98 Å². The highest BCUT2D eigenvalue weighted by Gasteiger charge is 2.21. The minimum atomic E-state index is -0.542. The predicted octanol–water partition coefficient (Wildman–Crippen LogP) is 2.90. The number of nitrogens with one attached hydrogen (secondary N) is 1. The summed E-state index contributed by atoms with van der Waals surface area (Å²) in [4.78, 5) is 12.7. The molecule has 7 heteroatoms. The standard InChI is InChI=1S/C18H23F2N5/c1-24(2)18-21-8-7-17(23-18)22-15-4-3-9-25(12-15)11-13-5-6-14(19)10-16(13)20/h5-8,10,15H,3-4,9,11-12H2,1-2H3,(H,21,22,23). The Kier molecular flexibility index (Phi) is 5.43. The second-order valence-corrected chi connectivity index (χ2v) is 6.59. The largest absolute Gasteiger partial charge is 0.366 e. The Morgan fingerprint density at radius 2 is 2.12 bits per heavy atom. The number of hydrogen-bond donors (Lipinski definition) is 1. The molecule has 1 aromatic carbocycles. The summed E-state index contributed by atoms with van der Waals surface area (Å²) >= 11 is 0. The van der Waals surface area contributed by atoms with Crippen LogP contribution in [-0.2, 0) is 6.54 Å². The summed E-state index contributed by atoms with van der Waals surface area (Å²) in [6, 6.07) is 5.86. The Balaban J connectivity index is 1.62. The molecule has 134 valence electrons. The Bertz CT molecular complexity index is 722. The molecule has 25 heavy (non-hydrogen) atoms. The number of likely N-dealkylation sites (tertiary alicyclic amines) is 1. The predicted molar refractivity (Wildman–Crippen MR) is 94.6 cm³/mol. The van der Waals surface area contributed by atoms with E-state index in [1.54, 1.807) is 6.20 Å². The van der Waals surface area contributed by atoms with Gasteiger partial charge < -0.3 is 10.2 Å². The SMILES string of the molecule is CN(C)c1nccc(NC2CCCN(Cc3ccc(F)cc3F)C2)n1. The van der Waals surface area contributed by atoms with Crippen molar-refractivity contribution in [3.8, 4) is 0 Å². The molecule has 1 atom stereocenters. The van der Waals surface area contributed by atoms with E-state index < -0.39 is 11.6 Å². The van der Waals surface area contributed by atoms with Gasteiger partial charge >= 0.3 is 0 Å². The van der Waals surface area contributed by atoms with Gasteiger partial charge in [0.2, 0.25) is 5.95 Å². The topological polar surface area (TPSA) is 44.3 Å². The van der Waals surface area contributed by atoms with Crippen molar-refractivity contribution in [3.63, 3.8) is 0 Å². The maximum Gasteiger partial charge on any atom is 0.226 e. The normalized spacial score (nSPS) is 18.2. The Morgan fingerprint density at radius 3 is 2.88 bits per heavy atom. The van der Waals surface area contributed by atoms with Gasteiger partial charge in [-0.1, -0.05) is 6.07 Å². The van der Waals surface area contributed by atoms with E-state index in [9.17, 15) is 8.78 Å². The Labute approximate surface area is 146 Å². The molecule has 1 fully saturated rings. The van der Waals surface area contributed by atoms with Crippen molar-refractivity contribution in [2.75, 3.05) is 37.4 Å². The highest BCUT2D eigenvalue weighted by Crippen LogP contribution is 2.19. The summed E-state index contributed by atoms with van der Waals surface area (Å²) < 4.78 is 26.9. The maximum absolute atomic E-state index is 13.9. The molecular formula is C18H23F2N5. The number of rotatable bonds is 5. The van der Waals surface area contributed by atoms with E-state index in [4.69, 9.17) is 0 Å². The van der Waals surface area contributed by atoms with Gasteiger partial charge in [0.05, 0.1) is 0 Å². The van der Waals surface area contributed by atoms with Gasteiger partial charge in [0.25, 0.3) is 0 Å². The van der Waals surface area contributed by atoms with Crippen molar-refractivity contribution in [1.29, 1.82) is 0 Å². The summed E-state index contributed by atoms with van der Waals surface area (Å²) in [7, 11) is 3.80. The van der Waals surface area contributed by atoms with Crippen LogP contribution in [-0.4, -0.2) is 48.1 Å². The molecule has 1 saturated heterocycles. The summed E-state index contributed by atoms with van der Waals surface area (Å²) in [6.45, 7) is 2.18. The zero-order chi connectivity index (χ0) is 17.8. The van der Waals surface area contributed by atoms with Crippen LogP contribution in [0.2, 0.25) is 0 Å². The van der Waals surface area contributed by atoms with Crippen molar-refractivity contribution in [2.45, 2.75) is 25.4 Å². The quantitative estimate of drug-likeness (QED) is 0.901. The second kappa shape index (κ2) is 7.74. The van der Waals surface area contributed by atoms with E-state index in [-0.39, 0.29) is 6.04 Å². The van der Waals surface area contributed by atoms with Crippen LogP contribution in [0, 0.1) is 11.6 Å². The fraction of sp³-hybridized carbons (Fsp3) is 0.444. The lowest BCUT2D eigenvalue weighted by Crippen LogP contribution is -2.41. The number of halogens is 2. The highest BCUT2D eigenvalue weighted by atomic mass is 19.1. The molecule has 3 rings (SSSR count). The zero-order valence-electron chi connectivity index (χ0n) is 14.5. The molecule has 0 amide bonds. The first-order chi connectivity index (χ1) is 12.0. The van der Waals surface area contributed by atoms with E-state index >= 15 is 0 Å². The molecular weight excluding hydrogens is 324 g/mol. The third-order valence-electron chi connectivity index (χ3n) is 4.31. The van der Waals surface area contributed by atoms with Crippen LogP contribution in [0.5, 0.6) is 0 Å². The summed E-state index contributed by atoms with van der Waals surface area (Å²) in [6.07, 6.45) is 3.79. The van der Waals surface area contributed by atoms with E-state index in [0.717, 1.165) is 37.8 Å². The van der Waals surface area contributed by atoms with Gasteiger partial charge in [-0.3, -0.25) is 4.90 Å². The second-order valence-electron chi connectivity index (χ2n) is 6.59. The van der Waals surface area contributed by atoms with Crippen LogP contribution in [0.15, 0.2) is 30.5 Å². The average molecular weight is 347 g/mol. The third-order valence-corrected chi connectivity index (χ3v) is 4.31. The fourth-order valence-corrected chi connectivity index (χ4v) is 3.06. The van der Waals surface area contributed by atoms with Gasteiger partial charge in [-0.15, -0.1) is 0 Å². The lowest BCUT2D eigenvalue weighted by molar-refractivity contribution is 0.206. The van der Waals surface area contributed by atoms with Gasteiger partial charge in [-0.05, 0) is 31.5 Å². The molecule has 5 nitrogen and oxygen atoms in total. The van der Waals surface area contributed by atoms with Gasteiger partial charge in [0, 0.05) is 51.1 Å². The van der Waals surface area contributed by atoms with Crippen molar-refractivity contribution < 1.29 is 8.78 Å². The van der Waals surface area contributed by atoms with Crippen LogP contribution in [0.25, 0.3) is 0 Å². The Morgan fingerprint density at radius 1 is 1.28 bits per heavy atom. The Hall–Kier alpha value is -2.28. The number of nitrogens with zero attached hydrogens (tertiary/aromatic N) is 4. The first-order valence-electron chi connectivity index (χ1n) is 8.44. The molecule has 0 aliphatic carbocycles. The average Bonchev–Trinajstić information content (AvgIpc) is 2.58. The van der Waals surface area contributed by atoms with E-state index in [1.807, 2.05) is 25.1 Å². The first-order valence-corrected chi connectivity index (χ1v) is 8.44. The molecule has 2 aromatic rings. The number of benzene rings is 1. The maximum atomic E-state index is 13.9. The van der Waals surface area contributed by atoms with Crippen LogP contribution >= 0.6 is 0 Å².